The van der Waals surface area contributed by atoms with Gasteiger partial charge < -0.3 is 5.11 Å². The summed E-state index contributed by atoms with van der Waals surface area (Å²) < 4.78 is 0. The molecule has 0 amide bonds. The molecule has 0 unspecified atom stereocenters. The molecular formula is C4H11NaO. The molecule has 0 saturated carbocycles. The second kappa shape index (κ2) is 3.03. The fourth-order valence-corrected chi connectivity index (χ4v) is 0. The van der Waals surface area contributed by atoms with E-state index in [0.717, 1.165) is 0 Å². The number of hydrogen-bond donors (Lipinski definition) is 1. The Hall–Kier alpha value is 0.960. The molecule has 34 valence electrons. The summed E-state index contributed by atoms with van der Waals surface area (Å²) in [7, 11) is 0. The summed E-state index contributed by atoms with van der Waals surface area (Å²) in [5.74, 6) is 0. The first-order valence-electron chi connectivity index (χ1n) is 1.72. The van der Waals surface area contributed by atoms with Crippen molar-refractivity contribution in [3.63, 3.8) is 0 Å². The first-order valence-corrected chi connectivity index (χ1v) is 1.72. The van der Waals surface area contributed by atoms with Gasteiger partial charge in [0.1, 0.15) is 0 Å². The molecule has 0 bridgehead atoms. The molecule has 0 aliphatic heterocycles. The SMILES string of the molecule is CC(C)(C)O.[NaH]. The predicted molar refractivity (Wildman–Crippen MR) is 29.1 cm³/mol. The van der Waals surface area contributed by atoms with Crippen molar-refractivity contribution < 1.29 is 5.11 Å². The first-order chi connectivity index (χ1) is 2.00. The Balaban J connectivity index is 0. The number of rotatable bonds is 0. The predicted octanol–water partition coefficient (Wildman–Crippen LogP) is 0.129. The van der Waals surface area contributed by atoms with Gasteiger partial charge in [-0.1, -0.05) is 0 Å². The van der Waals surface area contributed by atoms with Gasteiger partial charge in [-0.05, 0) is 20.8 Å². The molecule has 0 aromatic carbocycles. The summed E-state index contributed by atoms with van der Waals surface area (Å²) in [6, 6.07) is 0. The summed E-state index contributed by atoms with van der Waals surface area (Å²) in [6.45, 7) is 5.23. The maximum absolute atomic E-state index is 8.52. The molecule has 0 atom stereocenters. The van der Waals surface area contributed by atoms with Crippen molar-refractivity contribution in [3.05, 3.63) is 0 Å². The Kier molecular flexibility index (Phi) is 5.07. The van der Waals surface area contributed by atoms with Crippen LogP contribution < -0.4 is 0 Å². The third-order valence-corrected chi connectivity index (χ3v) is 0. The summed E-state index contributed by atoms with van der Waals surface area (Å²) in [4.78, 5) is 0. The molecule has 0 aliphatic rings. The third-order valence-electron chi connectivity index (χ3n) is 0. The standard InChI is InChI=1S/C4H10O.Na.H/c1-4(2,3)5;;/h5H,1-3H3;;. The van der Waals surface area contributed by atoms with Crippen LogP contribution in [-0.2, 0) is 0 Å². The van der Waals surface area contributed by atoms with E-state index in [0.29, 0.717) is 0 Å². The van der Waals surface area contributed by atoms with Gasteiger partial charge in [-0.15, -0.1) is 0 Å². The van der Waals surface area contributed by atoms with Crippen LogP contribution in [-0.4, -0.2) is 40.3 Å². The van der Waals surface area contributed by atoms with Crippen LogP contribution >= 0.6 is 0 Å². The second-order valence-electron chi connectivity index (χ2n) is 2.17. The molecule has 0 rings (SSSR count). The van der Waals surface area contributed by atoms with Gasteiger partial charge in [0.15, 0.2) is 0 Å². The molecule has 0 aromatic rings. The van der Waals surface area contributed by atoms with Crippen LogP contribution in [0.3, 0.4) is 0 Å². The molecule has 0 saturated heterocycles. The zero-order chi connectivity index (χ0) is 4.50. The molecule has 0 fully saturated rings. The molecule has 0 heterocycles. The van der Waals surface area contributed by atoms with Crippen molar-refractivity contribution in [1.29, 1.82) is 0 Å². The molecule has 1 N–H and O–H groups in total. The molecule has 0 aliphatic carbocycles. The van der Waals surface area contributed by atoms with E-state index in [2.05, 4.69) is 0 Å². The molecular weight excluding hydrogens is 87.0 g/mol. The summed E-state index contributed by atoms with van der Waals surface area (Å²) in [5.41, 5.74) is -0.500. The molecule has 6 heavy (non-hydrogen) atoms. The average Bonchev–Trinajstić information content (AvgIpc) is 0.722. The zero-order valence-electron chi connectivity index (χ0n) is 3.95. The van der Waals surface area contributed by atoms with Gasteiger partial charge in [0, 0.05) is 0 Å². The van der Waals surface area contributed by atoms with E-state index in [1.54, 1.807) is 20.8 Å². The fourth-order valence-electron chi connectivity index (χ4n) is 0. The van der Waals surface area contributed by atoms with Crippen molar-refractivity contribution in [2.75, 3.05) is 0 Å². The van der Waals surface area contributed by atoms with Crippen LogP contribution in [0.2, 0.25) is 0 Å². The van der Waals surface area contributed by atoms with Crippen LogP contribution in [0.25, 0.3) is 0 Å². The van der Waals surface area contributed by atoms with Gasteiger partial charge in [0.2, 0.25) is 0 Å². The average molecular weight is 98.1 g/mol. The Labute approximate surface area is 61.0 Å². The Morgan fingerprint density at radius 2 is 1.17 bits per heavy atom. The monoisotopic (exact) mass is 98.1 g/mol. The van der Waals surface area contributed by atoms with Crippen LogP contribution in [0.5, 0.6) is 0 Å². The summed E-state index contributed by atoms with van der Waals surface area (Å²) >= 11 is 0. The minimum atomic E-state index is -0.500. The van der Waals surface area contributed by atoms with E-state index in [1.165, 1.54) is 0 Å². The molecule has 0 spiro atoms. The molecule has 2 heteroatoms. The van der Waals surface area contributed by atoms with Crippen molar-refractivity contribution in [2.24, 2.45) is 0 Å². The van der Waals surface area contributed by atoms with Crippen molar-refractivity contribution in [2.45, 2.75) is 26.4 Å². The summed E-state index contributed by atoms with van der Waals surface area (Å²) in [5, 5.41) is 8.52. The molecule has 1 nitrogen and oxygen atoms in total. The van der Waals surface area contributed by atoms with Crippen LogP contribution in [0.4, 0.5) is 0 Å². The minimum absolute atomic E-state index is 0. The van der Waals surface area contributed by atoms with Gasteiger partial charge in [0.05, 0.1) is 5.60 Å². The van der Waals surface area contributed by atoms with E-state index in [9.17, 15) is 0 Å². The number of aliphatic hydroxyl groups is 1. The van der Waals surface area contributed by atoms with Gasteiger partial charge >= 0.3 is 29.6 Å². The second-order valence-corrected chi connectivity index (χ2v) is 2.17. The van der Waals surface area contributed by atoms with Crippen molar-refractivity contribution >= 4 is 29.6 Å². The molecule has 0 aromatic heterocycles. The normalized spacial score (nSPS) is 10.0. The third kappa shape index (κ3) is 84.4. The Morgan fingerprint density at radius 1 is 1.17 bits per heavy atom. The Morgan fingerprint density at radius 3 is 1.17 bits per heavy atom. The van der Waals surface area contributed by atoms with Crippen LogP contribution in [0.15, 0.2) is 0 Å². The van der Waals surface area contributed by atoms with Crippen LogP contribution in [0, 0.1) is 0 Å². The van der Waals surface area contributed by atoms with Gasteiger partial charge in [-0.3, -0.25) is 0 Å². The van der Waals surface area contributed by atoms with Gasteiger partial charge in [-0.2, -0.15) is 0 Å². The maximum atomic E-state index is 8.52. The summed E-state index contributed by atoms with van der Waals surface area (Å²) in [6.07, 6.45) is 0. The topological polar surface area (TPSA) is 20.2 Å². The van der Waals surface area contributed by atoms with E-state index in [-0.39, 0.29) is 29.6 Å². The Bertz CT molecular complexity index is 23.0. The van der Waals surface area contributed by atoms with E-state index in [4.69, 9.17) is 5.11 Å². The van der Waals surface area contributed by atoms with Crippen LogP contribution in [0.1, 0.15) is 20.8 Å². The van der Waals surface area contributed by atoms with E-state index in [1.807, 2.05) is 0 Å². The van der Waals surface area contributed by atoms with Gasteiger partial charge in [-0.25, -0.2) is 0 Å². The van der Waals surface area contributed by atoms with Crippen molar-refractivity contribution in [3.8, 4) is 0 Å². The van der Waals surface area contributed by atoms with Crippen molar-refractivity contribution in [1.82, 2.24) is 0 Å². The zero-order valence-corrected chi connectivity index (χ0v) is 3.95. The fraction of sp³-hybridized carbons (Fsp3) is 1.00. The van der Waals surface area contributed by atoms with Gasteiger partial charge in [0.25, 0.3) is 0 Å². The van der Waals surface area contributed by atoms with E-state index < -0.39 is 5.60 Å². The first kappa shape index (κ1) is 10.0. The van der Waals surface area contributed by atoms with E-state index >= 15 is 0 Å². The molecule has 0 radical (unpaired) electrons. The number of hydrogen-bond acceptors (Lipinski definition) is 1. The quantitative estimate of drug-likeness (QED) is 0.427.